The Morgan fingerprint density at radius 2 is 1.61 bits per heavy atom. The monoisotopic (exact) mass is 733 g/mol. The number of fused-ring (bicyclic) bond motifs is 1. The van der Waals surface area contributed by atoms with Crippen LogP contribution in [0.1, 0.15) is 36.8 Å². The lowest BCUT2D eigenvalue weighted by molar-refractivity contribution is -0.142. The van der Waals surface area contributed by atoms with Gasteiger partial charge in [-0.25, -0.2) is 9.59 Å². The second-order valence-corrected chi connectivity index (χ2v) is 13.6. The van der Waals surface area contributed by atoms with Gasteiger partial charge in [-0.3, -0.25) is 4.79 Å². The Hall–Kier alpha value is -2.83. The smallest absolute Gasteiger partial charge is 0.410 e. The van der Waals surface area contributed by atoms with Gasteiger partial charge in [0.15, 0.2) is 6.10 Å². The highest BCUT2D eigenvalue weighted by atomic mass is 79.9. The van der Waals surface area contributed by atoms with Gasteiger partial charge in [-0.05, 0) is 107 Å². The van der Waals surface area contributed by atoms with E-state index in [1.807, 2.05) is 46.2 Å². The molecule has 5 rings (SSSR count). The highest BCUT2D eigenvalue weighted by Gasteiger charge is 2.36. The number of nitrogens with zero attached hydrogens (tertiary/aromatic N) is 4. The molecule has 3 aliphatic heterocycles. The summed E-state index contributed by atoms with van der Waals surface area (Å²) < 4.78 is 12.9. The minimum absolute atomic E-state index is 0.0257. The Labute approximate surface area is 276 Å². The van der Waals surface area contributed by atoms with Crippen LogP contribution in [0.5, 0.6) is 5.75 Å². The van der Waals surface area contributed by atoms with Crippen LogP contribution in [0.4, 0.5) is 15.3 Å². The van der Waals surface area contributed by atoms with Crippen LogP contribution in [0.2, 0.25) is 0 Å². The second kappa shape index (κ2) is 14.5. The molecule has 1 N–H and O–H groups in total. The van der Waals surface area contributed by atoms with Crippen LogP contribution in [0.25, 0.3) is 0 Å². The van der Waals surface area contributed by atoms with E-state index in [2.05, 4.69) is 56.2 Å². The molecule has 0 spiro atoms. The van der Waals surface area contributed by atoms with Crippen molar-refractivity contribution in [1.82, 2.24) is 19.6 Å². The Morgan fingerprint density at radius 3 is 2.25 bits per heavy atom. The first-order valence-corrected chi connectivity index (χ1v) is 16.8. The third kappa shape index (κ3) is 7.51. The lowest BCUT2D eigenvalue weighted by Gasteiger charge is -2.38. The van der Waals surface area contributed by atoms with Crippen molar-refractivity contribution in [3.8, 4) is 5.75 Å². The Bertz CT molecular complexity index is 1340. The quantitative estimate of drug-likeness (QED) is 0.411. The van der Waals surface area contributed by atoms with Crippen LogP contribution < -0.4 is 10.1 Å². The van der Waals surface area contributed by atoms with Gasteiger partial charge in [-0.15, -0.1) is 0 Å². The van der Waals surface area contributed by atoms with Gasteiger partial charge in [0.2, 0.25) is 0 Å². The van der Waals surface area contributed by atoms with Gasteiger partial charge >= 0.3 is 12.1 Å². The highest BCUT2D eigenvalue weighted by molar-refractivity contribution is 9.11. The number of carbonyl (C=O) groups excluding carboxylic acids is 3. The van der Waals surface area contributed by atoms with E-state index in [0.29, 0.717) is 57.4 Å². The number of hydrogen-bond donors (Lipinski definition) is 1. The molecule has 3 aliphatic rings. The van der Waals surface area contributed by atoms with Crippen LogP contribution in [-0.2, 0) is 22.4 Å². The molecule has 10 nitrogen and oxygen atoms in total. The standard InChI is InChI=1S/C32H41Br2N5O5/c1-36(2)23-9-13-37(14-10-23)30(40)28(20-21-18-25(33)29(43-3)26(34)19-21)44-32(42)38-15-11-24(12-16-38)39-17-8-22-6-4-5-7-27(22)35-31(39)41/h4-7,18-19,23-24,28H,8-17,20H2,1-3H3,(H,35,41). The summed E-state index contributed by atoms with van der Waals surface area (Å²) in [6, 6.07) is 12.0. The third-order valence-corrected chi connectivity index (χ3v) is 10.2. The number of rotatable bonds is 7. The van der Waals surface area contributed by atoms with Crippen molar-refractivity contribution in [2.45, 2.75) is 56.7 Å². The largest absolute Gasteiger partial charge is 0.494 e. The van der Waals surface area contributed by atoms with Gasteiger partial charge in [0.1, 0.15) is 5.75 Å². The summed E-state index contributed by atoms with van der Waals surface area (Å²) in [6.45, 7) is 2.79. The van der Waals surface area contributed by atoms with E-state index in [1.165, 1.54) is 0 Å². The van der Waals surface area contributed by atoms with Gasteiger partial charge in [-0.1, -0.05) is 18.2 Å². The number of nitrogens with one attached hydrogen (secondary N) is 1. The third-order valence-electron chi connectivity index (χ3n) is 9.01. The Kier molecular flexibility index (Phi) is 10.7. The maximum atomic E-state index is 13.8. The number of amides is 4. The average Bonchev–Trinajstić information content (AvgIpc) is 3.18. The van der Waals surface area contributed by atoms with Gasteiger partial charge in [0, 0.05) is 56.9 Å². The highest BCUT2D eigenvalue weighted by Crippen LogP contribution is 2.35. The number of likely N-dealkylation sites (tertiary alicyclic amines) is 2. The first kappa shape index (κ1) is 32.6. The zero-order valence-electron chi connectivity index (χ0n) is 25.6. The predicted octanol–water partition coefficient (Wildman–Crippen LogP) is 5.38. The fourth-order valence-electron chi connectivity index (χ4n) is 6.42. The van der Waals surface area contributed by atoms with Crippen molar-refractivity contribution < 1.29 is 23.9 Å². The molecule has 0 aromatic heterocycles. The molecule has 2 saturated heterocycles. The Morgan fingerprint density at radius 1 is 0.977 bits per heavy atom. The summed E-state index contributed by atoms with van der Waals surface area (Å²) in [5, 5.41) is 3.04. The van der Waals surface area contributed by atoms with Crippen LogP contribution in [0, 0.1) is 0 Å². The molecule has 2 aromatic rings. The number of urea groups is 1. The van der Waals surface area contributed by atoms with E-state index in [1.54, 1.807) is 12.0 Å². The number of halogens is 2. The summed E-state index contributed by atoms with van der Waals surface area (Å²) >= 11 is 7.10. The van der Waals surface area contributed by atoms with Crippen LogP contribution in [-0.4, -0.2) is 110 Å². The van der Waals surface area contributed by atoms with Crippen LogP contribution in [0.15, 0.2) is 45.3 Å². The summed E-state index contributed by atoms with van der Waals surface area (Å²) in [4.78, 5) is 48.0. The van der Waals surface area contributed by atoms with Crippen molar-refractivity contribution in [3.63, 3.8) is 0 Å². The minimum atomic E-state index is -0.960. The number of benzene rings is 2. The number of para-hydroxylation sites is 1. The molecule has 0 bridgehead atoms. The predicted molar refractivity (Wildman–Crippen MR) is 176 cm³/mol. The summed E-state index contributed by atoms with van der Waals surface area (Å²) in [7, 11) is 5.72. The molecule has 12 heteroatoms. The molecule has 0 aliphatic carbocycles. The van der Waals surface area contributed by atoms with Crippen molar-refractivity contribution in [1.29, 1.82) is 0 Å². The van der Waals surface area contributed by atoms with Gasteiger partial charge in [0.05, 0.1) is 16.1 Å². The fraction of sp³-hybridized carbons (Fsp3) is 0.531. The van der Waals surface area contributed by atoms with E-state index >= 15 is 0 Å². The lowest BCUT2D eigenvalue weighted by Crippen LogP contribution is -2.52. The number of hydrogen-bond acceptors (Lipinski definition) is 6. The number of carbonyl (C=O) groups is 3. The SMILES string of the molecule is COc1c(Br)cc(CC(OC(=O)N2CCC(N3CCc4ccccc4NC3=O)CC2)C(=O)N2CCC(N(C)C)CC2)cc1Br. The second-order valence-electron chi connectivity index (χ2n) is 11.9. The molecule has 4 amide bonds. The first-order chi connectivity index (χ1) is 21.1. The summed E-state index contributed by atoms with van der Waals surface area (Å²) in [5.41, 5.74) is 2.83. The number of methoxy groups -OCH3 is 1. The van der Waals surface area contributed by atoms with Crippen LogP contribution in [0.3, 0.4) is 0 Å². The van der Waals surface area contributed by atoms with Crippen LogP contribution >= 0.6 is 31.9 Å². The molecule has 3 heterocycles. The average molecular weight is 736 g/mol. The summed E-state index contributed by atoms with van der Waals surface area (Å²) in [5.74, 6) is 0.485. The van der Waals surface area contributed by atoms with E-state index < -0.39 is 12.2 Å². The molecule has 1 unspecified atom stereocenters. The molecular weight excluding hydrogens is 694 g/mol. The van der Waals surface area contributed by atoms with Crippen molar-refractivity contribution in [2.24, 2.45) is 0 Å². The fourth-order valence-corrected chi connectivity index (χ4v) is 8.02. The van der Waals surface area contributed by atoms with E-state index in [0.717, 1.165) is 45.0 Å². The maximum Gasteiger partial charge on any atom is 0.410 e. The topological polar surface area (TPSA) is 94.7 Å². The number of anilines is 1. The molecule has 0 saturated carbocycles. The molecule has 1 atom stereocenters. The normalized spacial score (nSPS) is 18.9. The Balaban J connectivity index is 1.24. The molecular formula is C32H41Br2N5O5. The molecule has 44 heavy (non-hydrogen) atoms. The van der Waals surface area contributed by atoms with E-state index in [4.69, 9.17) is 9.47 Å². The first-order valence-electron chi connectivity index (χ1n) is 15.2. The molecule has 2 aromatic carbocycles. The molecule has 2 fully saturated rings. The van der Waals surface area contributed by atoms with Crippen molar-refractivity contribution >= 4 is 55.6 Å². The zero-order valence-corrected chi connectivity index (χ0v) is 28.7. The van der Waals surface area contributed by atoms with E-state index in [-0.39, 0.29) is 24.4 Å². The lowest BCUT2D eigenvalue weighted by atomic mass is 10.0. The summed E-state index contributed by atoms with van der Waals surface area (Å²) in [6.07, 6.45) is 2.61. The number of piperidine rings is 2. The van der Waals surface area contributed by atoms with Gasteiger partial charge in [-0.2, -0.15) is 0 Å². The minimum Gasteiger partial charge on any atom is -0.494 e. The van der Waals surface area contributed by atoms with Crippen molar-refractivity contribution in [3.05, 3.63) is 56.5 Å². The van der Waals surface area contributed by atoms with Gasteiger partial charge in [0.25, 0.3) is 5.91 Å². The zero-order chi connectivity index (χ0) is 31.4. The molecule has 238 valence electrons. The maximum absolute atomic E-state index is 13.8. The molecule has 0 radical (unpaired) electrons. The number of ether oxygens (including phenoxy) is 2. The van der Waals surface area contributed by atoms with Crippen molar-refractivity contribution in [2.75, 3.05) is 59.2 Å². The van der Waals surface area contributed by atoms with E-state index in [9.17, 15) is 14.4 Å². The van der Waals surface area contributed by atoms with Gasteiger partial charge < -0.3 is 34.4 Å².